The van der Waals surface area contributed by atoms with Gasteiger partial charge in [-0.1, -0.05) is 22.9 Å². The largest absolute Gasteiger partial charge is 0.342 e. The highest BCUT2D eigenvalue weighted by Crippen LogP contribution is 2.19. The molecule has 0 aromatic carbocycles. The Morgan fingerprint density at radius 2 is 1.89 bits per heavy atom. The summed E-state index contributed by atoms with van der Waals surface area (Å²) < 4.78 is 0. The second-order valence-corrected chi connectivity index (χ2v) is 7.17. The van der Waals surface area contributed by atoms with Gasteiger partial charge in [-0.25, -0.2) is 0 Å². The number of rotatable bonds is 5. The monoisotopic (exact) mass is 316 g/mol. The molecule has 3 nitrogen and oxygen atoms in total. The van der Waals surface area contributed by atoms with E-state index in [0.717, 1.165) is 25.4 Å². The van der Waals surface area contributed by atoms with Crippen molar-refractivity contribution >= 4 is 21.8 Å². The highest BCUT2D eigenvalue weighted by atomic mass is 79.9. The van der Waals surface area contributed by atoms with Gasteiger partial charge in [-0.05, 0) is 51.2 Å². The topological polar surface area (TPSA) is 23.6 Å². The normalized spacial score (nSPS) is 27.1. The summed E-state index contributed by atoms with van der Waals surface area (Å²) in [7, 11) is 0. The summed E-state index contributed by atoms with van der Waals surface area (Å²) in [6.07, 6.45) is 5.78. The Hall–Kier alpha value is -0.0900. The summed E-state index contributed by atoms with van der Waals surface area (Å²) >= 11 is 3.53. The maximum absolute atomic E-state index is 11.6. The fraction of sp³-hybridized carbons (Fsp3) is 0.929. The second kappa shape index (κ2) is 6.90. The molecule has 0 radical (unpaired) electrons. The van der Waals surface area contributed by atoms with Crippen molar-refractivity contribution in [3.05, 3.63) is 0 Å². The Balaban J connectivity index is 1.55. The maximum atomic E-state index is 11.6. The molecule has 2 rings (SSSR count). The van der Waals surface area contributed by atoms with Crippen molar-refractivity contribution in [3.63, 3.8) is 0 Å². The van der Waals surface area contributed by atoms with E-state index in [1.165, 1.54) is 38.9 Å². The third-order valence-electron chi connectivity index (χ3n) is 4.20. The van der Waals surface area contributed by atoms with Crippen LogP contribution in [0.25, 0.3) is 0 Å². The van der Waals surface area contributed by atoms with Crippen LogP contribution < -0.4 is 0 Å². The summed E-state index contributed by atoms with van der Waals surface area (Å²) in [5.41, 5.74) is 0. The Kier molecular flexibility index (Phi) is 5.49. The highest BCUT2D eigenvalue weighted by Gasteiger charge is 2.26. The van der Waals surface area contributed by atoms with E-state index in [9.17, 15) is 4.79 Å². The minimum atomic E-state index is 0.323. The second-order valence-electron chi connectivity index (χ2n) is 5.87. The van der Waals surface area contributed by atoms with Crippen molar-refractivity contribution in [3.8, 4) is 0 Å². The predicted octanol–water partition coefficient (Wildman–Crippen LogP) is 2.49. The number of nitrogens with zero attached hydrogens (tertiary/aromatic N) is 2. The van der Waals surface area contributed by atoms with Crippen LogP contribution in [0.1, 0.15) is 39.0 Å². The predicted molar refractivity (Wildman–Crippen MR) is 78.0 cm³/mol. The minimum absolute atomic E-state index is 0.323. The number of hydrogen-bond donors (Lipinski definition) is 0. The molecular weight excluding hydrogens is 292 g/mol. The average Bonchev–Trinajstić information content (AvgIpc) is 2.66. The Bertz CT molecular complexity index is 277. The first-order valence-corrected chi connectivity index (χ1v) is 8.21. The molecule has 1 unspecified atom stereocenters. The van der Waals surface area contributed by atoms with Crippen LogP contribution in [0.4, 0.5) is 0 Å². The third kappa shape index (κ3) is 4.23. The van der Waals surface area contributed by atoms with Crippen molar-refractivity contribution in [2.45, 2.75) is 43.9 Å². The fourth-order valence-corrected chi connectivity index (χ4v) is 3.49. The molecule has 2 fully saturated rings. The van der Waals surface area contributed by atoms with Gasteiger partial charge in [0, 0.05) is 24.3 Å². The number of piperidine rings is 1. The van der Waals surface area contributed by atoms with E-state index in [-0.39, 0.29) is 0 Å². The molecule has 4 heteroatoms. The standard InChI is InChI=1S/C14H25BrN2O/c1-12-4-8-16(9-5-12)6-2-3-7-17-11-13(15)10-14(17)18/h12-13H,2-11H2,1H3. The van der Waals surface area contributed by atoms with E-state index >= 15 is 0 Å². The number of unbranched alkanes of at least 4 members (excludes halogenated alkanes) is 1. The molecule has 2 heterocycles. The fourth-order valence-electron chi connectivity index (χ4n) is 2.86. The van der Waals surface area contributed by atoms with Gasteiger partial charge in [-0.3, -0.25) is 4.79 Å². The lowest BCUT2D eigenvalue weighted by molar-refractivity contribution is -0.127. The summed E-state index contributed by atoms with van der Waals surface area (Å²) in [5, 5.41) is 0. The van der Waals surface area contributed by atoms with Gasteiger partial charge >= 0.3 is 0 Å². The van der Waals surface area contributed by atoms with Gasteiger partial charge in [-0.2, -0.15) is 0 Å². The van der Waals surface area contributed by atoms with Crippen LogP contribution >= 0.6 is 15.9 Å². The molecule has 2 aliphatic heterocycles. The maximum Gasteiger partial charge on any atom is 0.223 e. The molecule has 0 bridgehead atoms. The third-order valence-corrected chi connectivity index (χ3v) is 4.81. The molecule has 2 aliphatic rings. The molecule has 0 aliphatic carbocycles. The summed E-state index contributed by atoms with van der Waals surface area (Å²) in [4.78, 5) is 16.6. The minimum Gasteiger partial charge on any atom is -0.342 e. The highest BCUT2D eigenvalue weighted by molar-refractivity contribution is 9.09. The van der Waals surface area contributed by atoms with Crippen LogP contribution in [0.3, 0.4) is 0 Å². The molecule has 0 aromatic heterocycles. The average molecular weight is 317 g/mol. The van der Waals surface area contributed by atoms with E-state index in [4.69, 9.17) is 0 Å². The Morgan fingerprint density at radius 1 is 1.22 bits per heavy atom. The lowest BCUT2D eigenvalue weighted by Gasteiger charge is -2.30. The summed E-state index contributed by atoms with van der Waals surface area (Å²) in [6, 6.07) is 0. The van der Waals surface area contributed by atoms with Gasteiger partial charge in [0.2, 0.25) is 5.91 Å². The lowest BCUT2D eigenvalue weighted by atomic mass is 9.99. The molecule has 0 N–H and O–H groups in total. The van der Waals surface area contributed by atoms with Crippen LogP contribution in [-0.4, -0.2) is 53.3 Å². The first-order chi connectivity index (χ1) is 8.65. The number of halogens is 1. The van der Waals surface area contributed by atoms with Crippen LogP contribution in [0.15, 0.2) is 0 Å². The van der Waals surface area contributed by atoms with Crippen LogP contribution in [-0.2, 0) is 4.79 Å². The van der Waals surface area contributed by atoms with Crippen molar-refractivity contribution in [2.75, 3.05) is 32.7 Å². The zero-order valence-corrected chi connectivity index (χ0v) is 13.0. The molecule has 0 spiro atoms. The summed E-state index contributed by atoms with van der Waals surface area (Å²) in [5.74, 6) is 1.24. The first kappa shape index (κ1) is 14.3. The molecule has 1 atom stereocenters. The molecule has 18 heavy (non-hydrogen) atoms. The molecule has 104 valence electrons. The quantitative estimate of drug-likeness (QED) is 0.574. The van der Waals surface area contributed by atoms with Crippen LogP contribution in [0, 0.1) is 5.92 Å². The SMILES string of the molecule is CC1CCN(CCCCN2CC(Br)CC2=O)CC1. The number of hydrogen-bond acceptors (Lipinski definition) is 2. The van der Waals surface area contributed by atoms with Crippen molar-refractivity contribution in [1.29, 1.82) is 0 Å². The molecule has 2 saturated heterocycles. The Labute approximate surface area is 119 Å². The van der Waals surface area contributed by atoms with Gasteiger partial charge < -0.3 is 9.80 Å². The zero-order chi connectivity index (χ0) is 13.0. The van der Waals surface area contributed by atoms with Gasteiger partial charge in [-0.15, -0.1) is 0 Å². The zero-order valence-electron chi connectivity index (χ0n) is 11.4. The van der Waals surface area contributed by atoms with Crippen LogP contribution in [0.5, 0.6) is 0 Å². The van der Waals surface area contributed by atoms with Gasteiger partial charge in [0.25, 0.3) is 0 Å². The van der Waals surface area contributed by atoms with Gasteiger partial charge in [0.15, 0.2) is 0 Å². The first-order valence-electron chi connectivity index (χ1n) is 7.29. The van der Waals surface area contributed by atoms with E-state index in [1.807, 2.05) is 4.90 Å². The Morgan fingerprint density at radius 3 is 2.50 bits per heavy atom. The van der Waals surface area contributed by atoms with E-state index in [1.54, 1.807) is 0 Å². The van der Waals surface area contributed by atoms with Crippen molar-refractivity contribution in [2.24, 2.45) is 5.92 Å². The number of carbonyl (C=O) groups is 1. The smallest absolute Gasteiger partial charge is 0.223 e. The van der Waals surface area contributed by atoms with Crippen molar-refractivity contribution < 1.29 is 4.79 Å². The number of carbonyl (C=O) groups excluding carboxylic acids is 1. The molecular formula is C14H25BrN2O. The number of alkyl halides is 1. The van der Waals surface area contributed by atoms with E-state index in [0.29, 0.717) is 17.2 Å². The van der Waals surface area contributed by atoms with Gasteiger partial charge in [0.05, 0.1) is 0 Å². The van der Waals surface area contributed by atoms with Gasteiger partial charge in [0.1, 0.15) is 0 Å². The van der Waals surface area contributed by atoms with E-state index < -0.39 is 0 Å². The number of amides is 1. The van der Waals surface area contributed by atoms with Crippen molar-refractivity contribution in [1.82, 2.24) is 9.80 Å². The van der Waals surface area contributed by atoms with Crippen LogP contribution in [0.2, 0.25) is 0 Å². The number of likely N-dealkylation sites (tertiary alicyclic amines) is 2. The summed E-state index contributed by atoms with van der Waals surface area (Å²) in [6.45, 7) is 7.96. The van der Waals surface area contributed by atoms with E-state index in [2.05, 4.69) is 27.8 Å². The molecule has 1 amide bonds. The lowest BCUT2D eigenvalue weighted by Crippen LogP contribution is -2.34. The molecule has 0 saturated carbocycles. The molecule has 0 aromatic rings.